The molecule has 4 aromatic rings. The van der Waals surface area contributed by atoms with Crippen LogP contribution in [0.3, 0.4) is 0 Å². The molecule has 154 valence electrons. The second kappa shape index (κ2) is 9.49. The first-order chi connectivity index (χ1) is 15.1. The van der Waals surface area contributed by atoms with Crippen LogP contribution in [-0.4, -0.2) is 5.97 Å². The van der Waals surface area contributed by atoms with Crippen LogP contribution in [0.5, 0.6) is 11.5 Å². The maximum Gasteiger partial charge on any atom is 0.342 e. The zero-order valence-electron chi connectivity index (χ0n) is 16.6. The minimum Gasteiger partial charge on any atom is -0.454 e. The average molecular weight is 474 g/mol. The number of nitrogens with two attached hydrogens (primary N) is 1. The largest absolute Gasteiger partial charge is 0.454 e. The zero-order valence-corrected chi connectivity index (χ0v) is 18.2. The van der Waals surface area contributed by atoms with Gasteiger partial charge in [-0.1, -0.05) is 88.7 Å². The van der Waals surface area contributed by atoms with Gasteiger partial charge >= 0.3 is 5.97 Å². The highest BCUT2D eigenvalue weighted by molar-refractivity contribution is 9.10. The van der Waals surface area contributed by atoms with E-state index >= 15 is 0 Å². The van der Waals surface area contributed by atoms with Crippen molar-refractivity contribution in [1.29, 1.82) is 0 Å². The summed E-state index contributed by atoms with van der Waals surface area (Å²) in [5, 5.41) is 0. The number of benzene rings is 4. The van der Waals surface area contributed by atoms with E-state index < -0.39 is 12.1 Å². The maximum atomic E-state index is 13.2. The molecular weight excluding hydrogens is 454 g/mol. The van der Waals surface area contributed by atoms with Gasteiger partial charge in [0.15, 0.2) is 6.10 Å². The Hall–Kier alpha value is -3.57. The van der Waals surface area contributed by atoms with Gasteiger partial charge < -0.3 is 15.2 Å². The molecule has 0 bridgehead atoms. The minimum absolute atomic E-state index is 0.321. The van der Waals surface area contributed by atoms with Gasteiger partial charge in [0.25, 0.3) is 0 Å². The van der Waals surface area contributed by atoms with E-state index in [0.717, 1.165) is 15.6 Å². The van der Waals surface area contributed by atoms with E-state index in [1.165, 1.54) is 0 Å². The van der Waals surface area contributed by atoms with E-state index in [1.54, 1.807) is 36.4 Å². The van der Waals surface area contributed by atoms with Crippen molar-refractivity contribution in [2.24, 2.45) is 0 Å². The average Bonchev–Trinajstić information content (AvgIpc) is 2.80. The molecule has 0 aromatic heterocycles. The van der Waals surface area contributed by atoms with Crippen molar-refractivity contribution in [3.05, 3.63) is 124 Å². The quantitative estimate of drug-likeness (QED) is 0.248. The number of anilines is 1. The topological polar surface area (TPSA) is 61.5 Å². The van der Waals surface area contributed by atoms with Crippen molar-refractivity contribution in [3.63, 3.8) is 0 Å². The summed E-state index contributed by atoms with van der Waals surface area (Å²) in [6, 6.07) is 31.6. The van der Waals surface area contributed by atoms with Gasteiger partial charge in [0, 0.05) is 4.47 Å². The predicted octanol–water partition coefficient (Wildman–Crippen LogP) is 6.77. The lowest BCUT2D eigenvalue weighted by Gasteiger charge is -2.20. The highest BCUT2D eigenvalue weighted by atomic mass is 79.9. The van der Waals surface area contributed by atoms with Crippen LogP contribution in [0.1, 0.15) is 27.6 Å². The number of ether oxygens (including phenoxy) is 2. The Morgan fingerprint density at radius 1 is 0.742 bits per heavy atom. The van der Waals surface area contributed by atoms with E-state index in [4.69, 9.17) is 15.2 Å². The summed E-state index contributed by atoms with van der Waals surface area (Å²) in [6.07, 6.45) is -0.541. The van der Waals surface area contributed by atoms with Crippen LogP contribution in [0.15, 0.2) is 108 Å². The van der Waals surface area contributed by atoms with Crippen molar-refractivity contribution in [3.8, 4) is 11.5 Å². The molecule has 4 aromatic carbocycles. The highest BCUT2D eigenvalue weighted by Gasteiger charge is 2.22. The summed E-state index contributed by atoms with van der Waals surface area (Å²) in [6.45, 7) is 0. The molecule has 0 radical (unpaired) electrons. The van der Waals surface area contributed by atoms with Crippen LogP contribution in [0.25, 0.3) is 0 Å². The van der Waals surface area contributed by atoms with Crippen LogP contribution in [-0.2, 0) is 4.74 Å². The van der Waals surface area contributed by atoms with E-state index in [-0.39, 0.29) is 0 Å². The van der Waals surface area contributed by atoms with Gasteiger partial charge in [0.1, 0.15) is 17.1 Å². The van der Waals surface area contributed by atoms with Gasteiger partial charge in [-0.2, -0.15) is 0 Å². The number of hydrogen-bond donors (Lipinski definition) is 1. The second-order valence-corrected chi connectivity index (χ2v) is 7.80. The smallest absolute Gasteiger partial charge is 0.342 e. The lowest BCUT2D eigenvalue weighted by molar-refractivity contribution is 0.0375. The molecule has 4 rings (SSSR count). The Morgan fingerprint density at radius 3 is 1.94 bits per heavy atom. The van der Waals surface area contributed by atoms with Crippen LogP contribution in [0.2, 0.25) is 0 Å². The summed E-state index contributed by atoms with van der Waals surface area (Å²) in [7, 11) is 0. The summed E-state index contributed by atoms with van der Waals surface area (Å²) >= 11 is 3.38. The van der Waals surface area contributed by atoms with Gasteiger partial charge in [-0.05, 0) is 41.5 Å². The first-order valence-electron chi connectivity index (χ1n) is 9.74. The number of esters is 1. The normalized spacial score (nSPS) is 10.6. The molecule has 0 amide bonds. The first kappa shape index (κ1) is 20.7. The van der Waals surface area contributed by atoms with E-state index in [9.17, 15) is 4.79 Å². The monoisotopic (exact) mass is 473 g/mol. The van der Waals surface area contributed by atoms with Gasteiger partial charge in [-0.25, -0.2) is 4.79 Å². The van der Waals surface area contributed by atoms with Crippen molar-refractivity contribution in [1.82, 2.24) is 0 Å². The first-order valence-corrected chi connectivity index (χ1v) is 10.5. The van der Waals surface area contributed by atoms with Gasteiger partial charge in [0.2, 0.25) is 0 Å². The number of rotatable bonds is 6. The molecule has 0 fully saturated rings. The Labute approximate surface area is 189 Å². The Bertz CT molecular complexity index is 1140. The third kappa shape index (κ3) is 4.95. The van der Waals surface area contributed by atoms with Crippen LogP contribution in [0, 0.1) is 0 Å². The van der Waals surface area contributed by atoms with Crippen LogP contribution in [0.4, 0.5) is 5.69 Å². The SMILES string of the molecule is Nc1cc(Br)ccc1Oc1ccccc1C(=O)OC(c1ccccc1)c1ccccc1. The number of hydrogen-bond acceptors (Lipinski definition) is 4. The fourth-order valence-electron chi connectivity index (χ4n) is 3.21. The molecule has 0 saturated carbocycles. The lowest BCUT2D eigenvalue weighted by Crippen LogP contribution is -2.14. The molecule has 2 N–H and O–H groups in total. The third-order valence-electron chi connectivity index (χ3n) is 4.73. The number of halogens is 1. The fraction of sp³-hybridized carbons (Fsp3) is 0.0385. The summed E-state index contributed by atoms with van der Waals surface area (Å²) in [5.41, 5.74) is 8.61. The molecule has 4 nitrogen and oxygen atoms in total. The maximum absolute atomic E-state index is 13.2. The summed E-state index contributed by atoms with van der Waals surface area (Å²) < 4.78 is 12.8. The number of nitrogen functional groups attached to an aromatic ring is 1. The Kier molecular flexibility index (Phi) is 6.34. The van der Waals surface area contributed by atoms with E-state index in [2.05, 4.69) is 15.9 Å². The minimum atomic E-state index is -0.541. The Balaban J connectivity index is 1.64. The number of carbonyl (C=O) groups is 1. The molecule has 31 heavy (non-hydrogen) atoms. The number of para-hydroxylation sites is 1. The zero-order chi connectivity index (χ0) is 21.6. The van der Waals surface area contributed by atoms with Crippen LogP contribution < -0.4 is 10.5 Å². The van der Waals surface area contributed by atoms with Crippen molar-refractivity contribution >= 4 is 27.6 Å². The molecule has 5 heteroatoms. The molecule has 0 atom stereocenters. The van der Waals surface area contributed by atoms with Gasteiger partial charge in [-0.3, -0.25) is 0 Å². The number of carbonyl (C=O) groups excluding carboxylic acids is 1. The molecule has 0 saturated heterocycles. The molecular formula is C26H20BrNO3. The molecule has 0 aliphatic rings. The standard InChI is InChI=1S/C26H20BrNO3/c27-20-15-16-24(22(28)17-20)30-23-14-8-7-13-21(23)26(29)31-25(18-9-3-1-4-10-18)19-11-5-2-6-12-19/h1-17,25H,28H2. The van der Waals surface area contributed by atoms with Crippen LogP contribution >= 0.6 is 15.9 Å². The molecule has 0 heterocycles. The lowest BCUT2D eigenvalue weighted by atomic mass is 10.0. The fourth-order valence-corrected chi connectivity index (χ4v) is 3.59. The molecule has 0 unspecified atom stereocenters. The van der Waals surface area contributed by atoms with Gasteiger partial charge in [0.05, 0.1) is 5.69 Å². The highest BCUT2D eigenvalue weighted by Crippen LogP contribution is 2.33. The van der Waals surface area contributed by atoms with Crippen molar-refractivity contribution < 1.29 is 14.3 Å². The van der Waals surface area contributed by atoms with Crippen molar-refractivity contribution in [2.75, 3.05) is 5.73 Å². The Morgan fingerprint density at radius 2 is 1.32 bits per heavy atom. The van der Waals surface area contributed by atoms with Gasteiger partial charge in [-0.15, -0.1) is 0 Å². The van der Waals surface area contributed by atoms with E-state index in [0.29, 0.717) is 22.7 Å². The van der Waals surface area contributed by atoms with E-state index in [1.807, 2.05) is 66.7 Å². The predicted molar refractivity (Wildman–Crippen MR) is 125 cm³/mol. The molecule has 0 spiro atoms. The molecule has 0 aliphatic carbocycles. The summed E-state index contributed by atoms with van der Waals surface area (Å²) in [4.78, 5) is 13.2. The summed E-state index contributed by atoms with van der Waals surface area (Å²) in [5.74, 6) is 0.358. The van der Waals surface area contributed by atoms with Crippen molar-refractivity contribution in [2.45, 2.75) is 6.10 Å². The molecule has 0 aliphatic heterocycles. The third-order valence-corrected chi connectivity index (χ3v) is 5.22. The second-order valence-electron chi connectivity index (χ2n) is 6.89.